The molecule has 8 nitrogen and oxygen atoms in total. The molecule has 3 aromatic rings. The summed E-state index contributed by atoms with van der Waals surface area (Å²) in [4.78, 5) is 36.4. The second-order valence-corrected chi connectivity index (χ2v) is 7.07. The summed E-state index contributed by atoms with van der Waals surface area (Å²) >= 11 is 0. The van der Waals surface area contributed by atoms with Crippen molar-refractivity contribution in [2.75, 3.05) is 14.2 Å². The van der Waals surface area contributed by atoms with Gasteiger partial charge in [-0.2, -0.15) is 0 Å². The standard InChI is InChI=1S/C26H24O8.FH/c1-4-5-24(27)32-19-11-13-21(14-12-19)33-25(28)17-6-9-20(10-7-17)34-26(29)18-8-15-22(30-2)23(16-18)31-3;/h6-16H,4-5H2,1-3H3;1H. The van der Waals surface area contributed by atoms with Crippen LogP contribution in [0.15, 0.2) is 66.7 Å². The Morgan fingerprint density at radius 1 is 0.629 bits per heavy atom. The molecule has 0 fully saturated rings. The molecular weight excluding hydrogens is 459 g/mol. The van der Waals surface area contributed by atoms with Crippen molar-refractivity contribution in [2.24, 2.45) is 0 Å². The minimum Gasteiger partial charge on any atom is -0.493 e. The molecule has 0 saturated heterocycles. The van der Waals surface area contributed by atoms with E-state index >= 15 is 0 Å². The minimum absolute atomic E-state index is 0. The average molecular weight is 484 g/mol. The molecule has 9 heteroatoms. The van der Waals surface area contributed by atoms with Crippen molar-refractivity contribution in [1.29, 1.82) is 0 Å². The number of carbonyl (C=O) groups is 3. The molecule has 0 aliphatic rings. The summed E-state index contributed by atoms with van der Waals surface area (Å²) < 4.78 is 26.2. The molecule has 0 bridgehead atoms. The van der Waals surface area contributed by atoms with Gasteiger partial charge in [0.05, 0.1) is 25.3 Å². The normalized spacial score (nSPS) is 9.91. The van der Waals surface area contributed by atoms with E-state index in [-0.39, 0.29) is 27.6 Å². The van der Waals surface area contributed by atoms with Crippen LogP contribution >= 0.6 is 0 Å². The molecule has 3 aromatic carbocycles. The van der Waals surface area contributed by atoms with Gasteiger partial charge in [-0.1, -0.05) is 6.92 Å². The van der Waals surface area contributed by atoms with Gasteiger partial charge in [-0.3, -0.25) is 9.50 Å². The number of ether oxygens (including phenoxy) is 5. The summed E-state index contributed by atoms with van der Waals surface area (Å²) in [7, 11) is 2.98. The molecule has 0 unspecified atom stereocenters. The van der Waals surface area contributed by atoms with Crippen molar-refractivity contribution < 1.29 is 42.8 Å². The average Bonchev–Trinajstić information content (AvgIpc) is 2.85. The van der Waals surface area contributed by atoms with Gasteiger partial charge in [-0.15, -0.1) is 0 Å². The summed E-state index contributed by atoms with van der Waals surface area (Å²) in [6, 6.07) is 16.8. The highest BCUT2D eigenvalue weighted by molar-refractivity contribution is 5.93. The van der Waals surface area contributed by atoms with Gasteiger partial charge in [-0.05, 0) is 73.2 Å². The van der Waals surface area contributed by atoms with Crippen LogP contribution in [-0.2, 0) is 4.79 Å². The Balaban J connectivity index is 0.00000432. The van der Waals surface area contributed by atoms with Crippen molar-refractivity contribution in [3.63, 3.8) is 0 Å². The zero-order chi connectivity index (χ0) is 24.5. The second-order valence-electron chi connectivity index (χ2n) is 7.07. The van der Waals surface area contributed by atoms with Gasteiger partial charge >= 0.3 is 17.9 Å². The van der Waals surface area contributed by atoms with E-state index in [4.69, 9.17) is 23.7 Å². The number of hydrogen-bond acceptors (Lipinski definition) is 8. The van der Waals surface area contributed by atoms with E-state index in [1.54, 1.807) is 24.3 Å². The summed E-state index contributed by atoms with van der Waals surface area (Å²) in [6.07, 6.45) is 1.03. The van der Waals surface area contributed by atoms with Crippen LogP contribution in [0, 0.1) is 0 Å². The van der Waals surface area contributed by atoms with E-state index in [9.17, 15) is 14.4 Å². The third-order valence-electron chi connectivity index (χ3n) is 4.64. The Morgan fingerprint density at radius 3 is 1.60 bits per heavy atom. The first kappa shape index (κ1) is 26.8. The number of hydrogen-bond donors (Lipinski definition) is 0. The molecule has 0 spiro atoms. The molecule has 0 saturated carbocycles. The fourth-order valence-corrected chi connectivity index (χ4v) is 2.92. The van der Waals surface area contributed by atoms with Crippen molar-refractivity contribution in [3.8, 4) is 28.7 Å². The minimum atomic E-state index is -0.589. The van der Waals surface area contributed by atoms with Crippen LogP contribution in [-0.4, -0.2) is 32.1 Å². The number of halogens is 1. The van der Waals surface area contributed by atoms with Gasteiger partial charge in [0.2, 0.25) is 0 Å². The maximum absolute atomic E-state index is 12.4. The molecule has 184 valence electrons. The fraction of sp³-hybridized carbons (Fsp3) is 0.192. The zero-order valence-electron chi connectivity index (χ0n) is 19.4. The number of benzene rings is 3. The summed E-state index contributed by atoms with van der Waals surface area (Å²) in [5, 5.41) is 0. The molecule has 0 aromatic heterocycles. The molecule has 0 heterocycles. The maximum Gasteiger partial charge on any atom is 0.343 e. The van der Waals surface area contributed by atoms with Crippen molar-refractivity contribution >= 4 is 17.9 Å². The van der Waals surface area contributed by atoms with E-state index < -0.39 is 11.9 Å². The Morgan fingerprint density at radius 2 is 1.09 bits per heavy atom. The van der Waals surface area contributed by atoms with Crippen molar-refractivity contribution in [3.05, 3.63) is 77.9 Å². The Labute approximate surface area is 201 Å². The van der Waals surface area contributed by atoms with Crippen LogP contribution < -0.4 is 23.7 Å². The third-order valence-corrected chi connectivity index (χ3v) is 4.64. The number of rotatable bonds is 9. The number of esters is 3. The number of methoxy groups -OCH3 is 2. The highest BCUT2D eigenvalue weighted by Gasteiger charge is 2.14. The van der Waals surface area contributed by atoms with Gasteiger partial charge in [0, 0.05) is 6.42 Å². The van der Waals surface area contributed by atoms with Crippen LogP contribution in [0.2, 0.25) is 0 Å². The SMILES string of the molecule is CCCC(=O)Oc1ccc(OC(=O)c2ccc(OC(=O)c3ccc(OC)c(OC)c3)cc2)cc1.F. The van der Waals surface area contributed by atoms with E-state index in [0.717, 1.165) is 0 Å². The zero-order valence-corrected chi connectivity index (χ0v) is 19.4. The van der Waals surface area contributed by atoms with Crippen LogP contribution in [0.3, 0.4) is 0 Å². The lowest BCUT2D eigenvalue weighted by Crippen LogP contribution is -2.10. The topological polar surface area (TPSA) is 97.4 Å². The smallest absolute Gasteiger partial charge is 0.343 e. The van der Waals surface area contributed by atoms with Gasteiger partial charge in [0.25, 0.3) is 0 Å². The summed E-state index contributed by atoms with van der Waals surface area (Å²) in [5.41, 5.74) is 0.550. The fourth-order valence-electron chi connectivity index (χ4n) is 2.92. The van der Waals surface area contributed by atoms with Gasteiger partial charge < -0.3 is 23.7 Å². The molecule has 0 amide bonds. The predicted octanol–water partition coefficient (Wildman–Crippen LogP) is 5.00. The molecule has 0 atom stereocenters. The Bertz CT molecular complexity index is 1160. The van der Waals surface area contributed by atoms with E-state index in [1.807, 2.05) is 6.92 Å². The van der Waals surface area contributed by atoms with Crippen LogP contribution in [0.5, 0.6) is 28.7 Å². The van der Waals surface area contributed by atoms with Gasteiger partial charge in [-0.25, -0.2) is 9.59 Å². The monoisotopic (exact) mass is 484 g/mol. The highest BCUT2D eigenvalue weighted by Crippen LogP contribution is 2.28. The summed E-state index contributed by atoms with van der Waals surface area (Å²) in [6.45, 7) is 1.89. The van der Waals surface area contributed by atoms with E-state index in [1.165, 1.54) is 56.7 Å². The first-order valence-electron chi connectivity index (χ1n) is 10.5. The lowest BCUT2D eigenvalue weighted by atomic mass is 10.2. The van der Waals surface area contributed by atoms with Crippen LogP contribution in [0.1, 0.15) is 40.5 Å². The van der Waals surface area contributed by atoms with Crippen molar-refractivity contribution in [1.82, 2.24) is 0 Å². The maximum atomic E-state index is 12.4. The lowest BCUT2D eigenvalue weighted by molar-refractivity contribution is -0.134. The van der Waals surface area contributed by atoms with Crippen LogP contribution in [0.25, 0.3) is 0 Å². The molecule has 0 radical (unpaired) electrons. The largest absolute Gasteiger partial charge is 0.493 e. The molecule has 0 N–H and O–H groups in total. The molecular formula is C26H25FO8. The van der Waals surface area contributed by atoms with E-state index in [2.05, 4.69) is 0 Å². The third kappa shape index (κ3) is 7.29. The molecule has 35 heavy (non-hydrogen) atoms. The lowest BCUT2D eigenvalue weighted by Gasteiger charge is -2.10. The van der Waals surface area contributed by atoms with E-state index in [0.29, 0.717) is 35.8 Å². The first-order chi connectivity index (χ1) is 16.4. The summed E-state index contributed by atoms with van der Waals surface area (Å²) in [5.74, 6) is 0.331. The quantitative estimate of drug-likeness (QED) is 0.309. The predicted molar refractivity (Wildman–Crippen MR) is 125 cm³/mol. The molecule has 3 rings (SSSR count). The van der Waals surface area contributed by atoms with Crippen LogP contribution in [0.4, 0.5) is 4.70 Å². The van der Waals surface area contributed by atoms with Crippen molar-refractivity contribution in [2.45, 2.75) is 19.8 Å². The molecule has 0 aliphatic carbocycles. The Hall–Kier alpha value is -4.40. The molecule has 0 aliphatic heterocycles. The second kappa shape index (κ2) is 12.7. The Kier molecular flexibility index (Phi) is 9.77. The highest BCUT2D eigenvalue weighted by atomic mass is 19.0. The van der Waals surface area contributed by atoms with Gasteiger partial charge in [0.15, 0.2) is 11.5 Å². The van der Waals surface area contributed by atoms with Gasteiger partial charge in [0.1, 0.15) is 17.2 Å². The number of carbonyl (C=O) groups excluding carboxylic acids is 3. The first-order valence-corrected chi connectivity index (χ1v) is 10.5.